The lowest BCUT2D eigenvalue weighted by atomic mass is 10.1. The summed E-state index contributed by atoms with van der Waals surface area (Å²) in [7, 11) is 0. The van der Waals surface area contributed by atoms with Crippen molar-refractivity contribution in [1.82, 2.24) is 9.88 Å². The lowest BCUT2D eigenvalue weighted by Crippen LogP contribution is -2.35. The van der Waals surface area contributed by atoms with Gasteiger partial charge in [-0.25, -0.2) is 4.79 Å². The van der Waals surface area contributed by atoms with Gasteiger partial charge in [-0.2, -0.15) is 0 Å². The lowest BCUT2D eigenvalue weighted by molar-refractivity contribution is -0.140. The number of pyridine rings is 1. The molecule has 1 N–H and O–H groups in total. The smallest absolute Gasteiger partial charge is 0.344 e. The fraction of sp³-hybridized carbons (Fsp3) is 0.278. The third-order valence-electron chi connectivity index (χ3n) is 4.01. The highest BCUT2D eigenvalue weighted by molar-refractivity contribution is 5.92. The SMILES string of the molecule is O=C(OC(C(=O)N1CCCC1)c1ccccc1)c1ccc[nH]c1=O. The van der Waals surface area contributed by atoms with Crippen LogP contribution in [0.1, 0.15) is 34.9 Å². The van der Waals surface area contributed by atoms with Gasteiger partial charge in [0, 0.05) is 24.8 Å². The predicted molar refractivity (Wildman–Crippen MR) is 87.5 cm³/mol. The first-order valence-electron chi connectivity index (χ1n) is 7.89. The van der Waals surface area contributed by atoms with Crippen LogP contribution in [0, 0.1) is 0 Å². The second-order valence-electron chi connectivity index (χ2n) is 5.64. The van der Waals surface area contributed by atoms with Gasteiger partial charge < -0.3 is 14.6 Å². The number of rotatable bonds is 4. The van der Waals surface area contributed by atoms with Crippen LogP contribution in [0.15, 0.2) is 53.5 Å². The number of H-pyrrole nitrogens is 1. The Kier molecular flexibility index (Phi) is 4.74. The van der Waals surface area contributed by atoms with E-state index >= 15 is 0 Å². The summed E-state index contributed by atoms with van der Waals surface area (Å²) in [6.07, 6.45) is 2.28. The van der Waals surface area contributed by atoms with Crippen LogP contribution in [0.2, 0.25) is 0 Å². The van der Waals surface area contributed by atoms with Crippen molar-refractivity contribution in [2.45, 2.75) is 18.9 Å². The molecule has 1 aromatic heterocycles. The number of benzene rings is 1. The van der Waals surface area contributed by atoms with Crippen molar-refractivity contribution in [2.75, 3.05) is 13.1 Å². The Hall–Kier alpha value is -2.89. The molecule has 24 heavy (non-hydrogen) atoms. The van der Waals surface area contributed by atoms with Crippen LogP contribution < -0.4 is 5.56 Å². The quantitative estimate of drug-likeness (QED) is 0.870. The molecule has 0 spiro atoms. The Labute approximate surface area is 139 Å². The number of nitrogens with zero attached hydrogens (tertiary/aromatic N) is 1. The van der Waals surface area contributed by atoms with Gasteiger partial charge in [-0.05, 0) is 25.0 Å². The van der Waals surface area contributed by atoms with Crippen molar-refractivity contribution in [2.24, 2.45) is 0 Å². The van der Waals surface area contributed by atoms with E-state index in [2.05, 4.69) is 4.98 Å². The number of ether oxygens (including phenoxy) is 1. The first kappa shape index (κ1) is 16.0. The molecule has 1 saturated heterocycles. The van der Waals surface area contributed by atoms with Gasteiger partial charge >= 0.3 is 5.97 Å². The molecule has 1 aromatic carbocycles. The van der Waals surface area contributed by atoms with Crippen molar-refractivity contribution in [3.05, 3.63) is 70.1 Å². The van der Waals surface area contributed by atoms with Gasteiger partial charge in [0.15, 0.2) is 0 Å². The number of nitrogens with one attached hydrogen (secondary N) is 1. The summed E-state index contributed by atoms with van der Waals surface area (Å²) in [5.74, 6) is -1.06. The molecule has 6 nitrogen and oxygen atoms in total. The van der Waals surface area contributed by atoms with E-state index in [-0.39, 0.29) is 11.5 Å². The fourth-order valence-corrected chi connectivity index (χ4v) is 2.75. The first-order chi connectivity index (χ1) is 11.7. The summed E-state index contributed by atoms with van der Waals surface area (Å²) < 4.78 is 5.43. The van der Waals surface area contributed by atoms with Crippen LogP contribution in [0.3, 0.4) is 0 Å². The fourth-order valence-electron chi connectivity index (χ4n) is 2.75. The maximum Gasteiger partial charge on any atom is 0.344 e. The molecule has 0 radical (unpaired) electrons. The van der Waals surface area contributed by atoms with E-state index in [1.165, 1.54) is 18.3 Å². The van der Waals surface area contributed by atoms with Gasteiger partial charge in [-0.3, -0.25) is 9.59 Å². The Morgan fingerprint density at radius 1 is 1.04 bits per heavy atom. The molecule has 0 saturated carbocycles. The van der Waals surface area contributed by atoms with Gasteiger partial charge in [-0.1, -0.05) is 30.3 Å². The molecule has 0 bridgehead atoms. The minimum Gasteiger partial charge on any atom is -0.444 e. The molecule has 1 unspecified atom stereocenters. The molecule has 6 heteroatoms. The Morgan fingerprint density at radius 2 is 1.75 bits per heavy atom. The zero-order valence-electron chi connectivity index (χ0n) is 13.1. The molecule has 3 rings (SSSR count). The van der Waals surface area contributed by atoms with Gasteiger partial charge in [0.2, 0.25) is 6.10 Å². The minimum atomic E-state index is -1.04. The van der Waals surface area contributed by atoms with E-state index in [9.17, 15) is 14.4 Å². The van der Waals surface area contributed by atoms with Gasteiger partial charge in [-0.15, -0.1) is 0 Å². The Balaban J connectivity index is 1.87. The summed E-state index contributed by atoms with van der Waals surface area (Å²) >= 11 is 0. The second kappa shape index (κ2) is 7.12. The third-order valence-corrected chi connectivity index (χ3v) is 4.01. The average Bonchev–Trinajstić information content (AvgIpc) is 3.15. The summed E-state index contributed by atoms with van der Waals surface area (Å²) in [4.78, 5) is 41.0. The zero-order chi connectivity index (χ0) is 16.9. The van der Waals surface area contributed by atoms with Crippen molar-refractivity contribution in [1.29, 1.82) is 0 Å². The van der Waals surface area contributed by atoms with Crippen molar-refractivity contribution in [3.63, 3.8) is 0 Å². The lowest BCUT2D eigenvalue weighted by Gasteiger charge is -2.23. The third kappa shape index (κ3) is 3.37. The predicted octanol–water partition coefficient (Wildman–Crippen LogP) is 1.90. The summed E-state index contributed by atoms with van der Waals surface area (Å²) in [6, 6.07) is 11.8. The van der Waals surface area contributed by atoms with E-state index in [1.807, 2.05) is 6.07 Å². The highest BCUT2D eigenvalue weighted by Crippen LogP contribution is 2.23. The summed E-state index contributed by atoms with van der Waals surface area (Å²) in [5.41, 5.74) is -0.0642. The maximum absolute atomic E-state index is 12.8. The molecule has 1 aliphatic rings. The number of esters is 1. The monoisotopic (exact) mass is 326 g/mol. The van der Waals surface area contributed by atoms with E-state index in [4.69, 9.17) is 4.74 Å². The number of hydrogen-bond acceptors (Lipinski definition) is 4. The number of carbonyl (C=O) groups excluding carboxylic acids is 2. The van der Waals surface area contributed by atoms with Crippen LogP contribution in [0.25, 0.3) is 0 Å². The number of aromatic amines is 1. The largest absolute Gasteiger partial charge is 0.444 e. The van der Waals surface area contributed by atoms with E-state index in [1.54, 1.807) is 29.2 Å². The number of aromatic nitrogens is 1. The molecule has 0 aliphatic carbocycles. The molecular formula is C18H18N2O4. The second-order valence-corrected chi connectivity index (χ2v) is 5.64. The standard InChI is InChI=1S/C18H18N2O4/c21-16-14(9-6-10-19-16)18(23)24-15(13-7-2-1-3-8-13)17(22)20-11-4-5-12-20/h1-3,6-10,15H,4-5,11-12H2,(H,19,21). The van der Waals surface area contributed by atoms with Crippen molar-refractivity contribution in [3.8, 4) is 0 Å². The average molecular weight is 326 g/mol. The molecule has 1 fully saturated rings. The zero-order valence-corrected chi connectivity index (χ0v) is 13.1. The van der Waals surface area contributed by atoms with Crippen LogP contribution in [-0.2, 0) is 9.53 Å². The Bertz CT molecular complexity index is 779. The van der Waals surface area contributed by atoms with E-state index in [0.29, 0.717) is 18.7 Å². The van der Waals surface area contributed by atoms with Crippen LogP contribution in [0.4, 0.5) is 0 Å². The Morgan fingerprint density at radius 3 is 2.42 bits per heavy atom. The molecule has 1 atom stereocenters. The summed E-state index contributed by atoms with van der Waals surface area (Å²) in [6.45, 7) is 1.32. The van der Waals surface area contributed by atoms with Crippen LogP contribution in [-0.4, -0.2) is 34.8 Å². The van der Waals surface area contributed by atoms with Gasteiger partial charge in [0.25, 0.3) is 11.5 Å². The van der Waals surface area contributed by atoms with Crippen LogP contribution in [0.5, 0.6) is 0 Å². The van der Waals surface area contributed by atoms with Crippen molar-refractivity contribution < 1.29 is 14.3 Å². The van der Waals surface area contributed by atoms with Crippen molar-refractivity contribution >= 4 is 11.9 Å². The topological polar surface area (TPSA) is 79.5 Å². The first-order valence-corrected chi connectivity index (χ1v) is 7.89. The molecular weight excluding hydrogens is 308 g/mol. The highest BCUT2D eigenvalue weighted by Gasteiger charge is 2.31. The van der Waals surface area contributed by atoms with Crippen LogP contribution >= 0.6 is 0 Å². The maximum atomic E-state index is 12.8. The molecule has 2 heterocycles. The molecule has 1 amide bonds. The van der Waals surface area contributed by atoms with E-state index in [0.717, 1.165) is 12.8 Å². The minimum absolute atomic E-state index is 0.118. The molecule has 1 aliphatic heterocycles. The summed E-state index contributed by atoms with van der Waals surface area (Å²) in [5, 5.41) is 0. The normalized spacial score (nSPS) is 15.1. The van der Waals surface area contributed by atoms with Gasteiger partial charge in [0.05, 0.1) is 0 Å². The molecule has 2 aromatic rings. The number of amides is 1. The van der Waals surface area contributed by atoms with Gasteiger partial charge in [0.1, 0.15) is 5.56 Å². The highest BCUT2D eigenvalue weighted by atomic mass is 16.5. The van der Waals surface area contributed by atoms with E-state index < -0.39 is 17.6 Å². The number of carbonyl (C=O) groups is 2. The number of likely N-dealkylation sites (tertiary alicyclic amines) is 1. The molecule has 124 valence electrons. The number of hydrogen-bond donors (Lipinski definition) is 1.